The van der Waals surface area contributed by atoms with E-state index in [0.717, 1.165) is 63.7 Å². The van der Waals surface area contributed by atoms with E-state index in [9.17, 15) is 4.79 Å². The van der Waals surface area contributed by atoms with E-state index in [0.29, 0.717) is 25.7 Å². The van der Waals surface area contributed by atoms with Crippen LogP contribution in [0.1, 0.15) is 25.5 Å². The Morgan fingerprint density at radius 3 is 2.65 bits per heavy atom. The van der Waals surface area contributed by atoms with Gasteiger partial charge in [0, 0.05) is 51.6 Å². The van der Waals surface area contributed by atoms with Gasteiger partial charge in [0.2, 0.25) is 5.91 Å². The number of piperidine rings is 1. The lowest BCUT2D eigenvalue weighted by Gasteiger charge is -2.36. The molecule has 26 heavy (non-hydrogen) atoms. The maximum absolute atomic E-state index is 12.7. The Bertz CT molecular complexity index is 574. The molecule has 0 unspecified atom stereocenters. The number of guanidine groups is 1. The molecule has 3 heterocycles. The van der Waals surface area contributed by atoms with Crippen LogP contribution in [0.3, 0.4) is 0 Å². The number of ether oxygens (including phenoxy) is 1. The molecule has 1 aromatic heterocycles. The molecular formula is C19H30N4O3. The Balaban J connectivity index is 1.49. The number of likely N-dealkylation sites (tertiary alicyclic amines) is 1. The van der Waals surface area contributed by atoms with Gasteiger partial charge in [0.1, 0.15) is 5.76 Å². The predicted octanol–water partition coefficient (Wildman–Crippen LogP) is 1.36. The van der Waals surface area contributed by atoms with Crippen LogP contribution in [-0.2, 0) is 16.0 Å². The first kappa shape index (κ1) is 18.8. The van der Waals surface area contributed by atoms with Crippen LogP contribution in [0.25, 0.3) is 0 Å². The molecule has 0 aliphatic carbocycles. The van der Waals surface area contributed by atoms with Crippen LogP contribution in [0.15, 0.2) is 27.8 Å². The molecule has 0 bridgehead atoms. The number of hydrogen-bond donors (Lipinski definition) is 1. The first-order chi connectivity index (χ1) is 12.8. The van der Waals surface area contributed by atoms with Gasteiger partial charge in [-0.1, -0.05) is 0 Å². The Kier molecular flexibility index (Phi) is 6.94. The number of rotatable bonds is 5. The van der Waals surface area contributed by atoms with E-state index in [1.54, 1.807) is 6.26 Å². The molecule has 2 saturated heterocycles. The smallest absolute Gasteiger partial charge is 0.225 e. The van der Waals surface area contributed by atoms with Gasteiger partial charge in [-0.15, -0.1) is 0 Å². The van der Waals surface area contributed by atoms with Crippen molar-refractivity contribution in [2.75, 3.05) is 52.5 Å². The molecule has 7 heteroatoms. The minimum absolute atomic E-state index is 0.135. The first-order valence-corrected chi connectivity index (χ1v) is 9.70. The third-order valence-corrected chi connectivity index (χ3v) is 5.00. The van der Waals surface area contributed by atoms with Gasteiger partial charge in [-0.3, -0.25) is 9.79 Å². The average Bonchev–Trinajstić information content (AvgIpc) is 3.21. The molecule has 0 radical (unpaired) electrons. The summed E-state index contributed by atoms with van der Waals surface area (Å²) in [5.41, 5.74) is 0. The van der Waals surface area contributed by atoms with Crippen LogP contribution in [0, 0.1) is 5.92 Å². The van der Waals surface area contributed by atoms with Crippen molar-refractivity contribution in [3.05, 3.63) is 24.2 Å². The topological polar surface area (TPSA) is 70.3 Å². The number of carbonyl (C=O) groups excluding carboxylic acids is 1. The third-order valence-electron chi connectivity index (χ3n) is 5.00. The molecule has 1 aromatic rings. The van der Waals surface area contributed by atoms with Crippen molar-refractivity contribution in [3.63, 3.8) is 0 Å². The fraction of sp³-hybridized carbons (Fsp3) is 0.684. The van der Waals surface area contributed by atoms with Gasteiger partial charge < -0.3 is 24.3 Å². The van der Waals surface area contributed by atoms with Crippen LogP contribution >= 0.6 is 0 Å². The summed E-state index contributed by atoms with van der Waals surface area (Å²) in [6, 6.07) is 3.88. The van der Waals surface area contributed by atoms with Gasteiger partial charge >= 0.3 is 0 Å². The summed E-state index contributed by atoms with van der Waals surface area (Å²) in [6.07, 6.45) is 4.27. The Labute approximate surface area is 155 Å². The third kappa shape index (κ3) is 5.00. The second-order valence-electron chi connectivity index (χ2n) is 6.76. The fourth-order valence-corrected chi connectivity index (χ4v) is 3.53. The number of morpholine rings is 1. The predicted molar refractivity (Wildman–Crippen MR) is 100 cm³/mol. The van der Waals surface area contributed by atoms with Crippen molar-refractivity contribution in [3.8, 4) is 0 Å². The summed E-state index contributed by atoms with van der Waals surface area (Å²) in [4.78, 5) is 21.6. The zero-order valence-electron chi connectivity index (χ0n) is 15.7. The van der Waals surface area contributed by atoms with Crippen molar-refractivity contribution in [1.29, 1.82) is 0 Å². The van der Waals surface area contributed by atoms with E-state index in [-0.39, 0.29) is 5.92 Å². The average molecular weight is 362 g/mol. The summed E-state index contributed by atoms with van der Waals surface area (Å²) in [5, 5.41) is 3.37. The second kappa shape index (κ2) is 9.62. The van der Waals surface area contributed by atoms with Crippen molar-refractivity contribution in [2.24, 2.45) is 10.9 Å². The van der Waals surface area contributed by atoms with Gasteiger partial charge in [-0.05, 0) is 31.9 Å². The minimum atomic E-state index is 0.135. The molecule has 2 fully saturated rings. The van der Waals surface area contributed by atoms with E-state index < -0.39 is 0 Å². The van der Waals surface area contributed by atoms with Crippen LogP contribution < -0.4 is 5.32 Å². The molecule has 144 valence electrons. The van der Waals surface area contributed by atoms with Crippen LogP contribution in [0.5, 0.6) is 0 Å². The van der Waals surface area contributed by atoms with E-state index in [1.165, 1.54) is 0 Å². The zero-order valence-corrected chi connectivity index (χ0v) is 15.7. The maximum atomic E-state index is 12.7. The van der Waals surface area contributed by atoms with Crippen LogP contribution in [0.2, 0.25) is 0 Å². The normalized spacial score (nSPS) is 19.7. The van der Waals surface area contributed by atoms with Gasteiger partial charge in [-0.25, -0.2) is 0 Å². The number of amides is 1. The summed E-state index contributed by atoms with van der Waals surface area (Å²) >= 11 is 0. The number of carbonyl (C=O) groups is 1. The lowest BCUT2D eigenvalue weighted by molar-refractivity contribution is -0.140. The number of furan rings is 1. The van der Waals surface area contributed by atoms with Crippen molar-refractivity contribution < 1.29 is 13.9 Å². The van der Waals surface area contributed by atoms with Gasteiger partial charge in [0.25, 0.3) is 0 Å². The molecule has 2 aliphatic heterocycles. The maximum Gasteiger partial charge on any atom is 0.225 e. The quantitative estimate of drug-likeness (QED) is 0.633. The fourth-order valence-electron chi connectivity index (χ4n) is 3.53. The molecule has 0 aromatic carbocycles. The Morgan fingerprint density at radius 2 is 2.00 bits per heavy atom. The molecule has 2 aliphatic rings. The van der Waals surface area contributed by atoms with E-state index in [2.05, 4.69) is 17.1 Å². The van der Waals surface area contributed by atoms with Crippen molar-refractivity contribution in [1.82, 2.24) is 15.1 Å². The minimum Gasteiger partial charge on any atom is -0.469 e. The van der Waals surface area contributed by atoms with E-state index in [4.69, 9.17) is 14.1 Å². The van der Waals surface area contributed by atoms with Gasteiger partial charge in [0.05, 0.1) is 19.5 Å². The highest BCUT2D eigenvalue weighted by Gasteiger charge is 2.30. The van der Waals surface area contributed by atoms with Gasteiger partial charge in [0.15, 0.2) is 5.96 Å². The molecule has 0 atom stereocenters. The van der Waals surface area contributed by atoms with Gasteiger partial charge in [-0.2, -0.15) is 0 Å². The summed E-state index contributed by atoms with van der Waals surface area (Å²) in [7, 11) is 0. The molecular weight excluding hydrogens is 332 g/mol. The standard InChI is InChI=1S/C19H30N4O3/c1-2-20-19(21-8-5-17-4-3-13-26-17)23-9-6-16(7-10-23)18(24)22-11-14-25-15-12-22/h3-4,13,16H,2,5-12,14-15H2,1H3,(H,20,21). The monoisotopic (exact) mass is 362 g/mol. The lowest BCUT2D eigenvalue weighted by atomic mass is 9.95. The number of nitrogens with one attached hydrogen (secondary N) is 1. The van der Waals surface area contributed by atoms with Crippen LogP contribution in [-0.4, -0.2) is 74.1 Å². The molecule has 0 saturated carbocycles. The SMILES string of the molecule is CCNC(=NCCc1ccco1)N1CCC(C(=O)N2CCOCC2)CC1. The largest absolute Gasteiger partial charge is 0.469 e. The summed E-state index contributed by atoms with van der Waals surface area (Å²) in [6.45, 7) is 8.15. The van der Waals surface area contributed by atoms with E-state index >= 15 is 0 Å². The number of aliphatic imine (C=N–C) groups is 1. The molecule has 7 nitrogen and oxygen atoms in total. The summed E-state index contributed by atoms with van der Waals surface area (Å²) < 4.78 is 10.7. The lowest BCUT2D eigenvalue weighted by Crippen LogP contribution is -2.50. The molecule has 1 amide bonds. The second-order valence-corrected chi connectivity index (χ2v) is 6.76. The highest BCUT2D eigenvalue weighted by Crippen LogP contribution is 2.20. The van der Waals surface area contributed by atoms with Crippen molar-refractivity contribution in [2.45, 2.75) is 26.2 Å². The van der Waals surface area contributed by atoms with Crippen LogP contribution in [0.4, 0.5) is 0 Å². The molecule has 1 N–H and O–H groups in total. The first-order valence-electron chi connectivity index (χ1n) is 9.70. The van der Waals surface area contributed by atoms with E-state index in [1.807, 2.05) is 17.0 Å². The highest BCUT2D eigenvalue weighted by molar-refractivity contribution is 5.81. The number of nitrogens with zero attached hydrogens (tertiary/aromatic N) is 3. The highest BCUT2D eigenvalue weighted by atomic mass is 16.5. The molecule has 3 rings (SSSR count). The summed E-state index contributed by atoms with van der Waals surface area (Å²) in [5.74, 6) is 2.33. The van der Waals surface area contributed by atoms with Crippen molar-refractivity contribution >= 4 is 11.9 Å². The zero-order chi connectivity index (χ0) is 18.2. The Hall–Kier alpha value is -2.02. The number of hydrogen-bond acceptors (Lipinski definition) is 4. The Morgan fingerprint density at radius 1 is 1.23 bits per heavy atom. The molecule has 0 spiro atoms.